The molecular weight excluding hydrogens is 521 g/mol. The first-order chi connectivity index (χ1) is 9.54. The van der Waals surface area contributed by atoms with Crippen LogP contribution in [0.15, 0.2) is 38.0 Å². The molecule has 0 rings (SSSR count). The van der Waals surface area contributed by atoms with Crippen molar-refractivity contribution in [2.24, 2.45) is 0 Å². The van der Waals surface area contributed by atoms with Gasteiger partial charge in [-0.25, -0.2) is 0 Å². The van der Waals surface area contributed by atoms with Crippen molar-refractivity contribution in [2.45, 2.75) is 17.7 Å². The third kappa shape index (κ3) is 22.7. The van der Waals surface area contributed by atoms with E-state index in [2.05, 4.69) is 19.7 Å². The molecule has 0 heterocycles. The minimum atomic E-state index is -2.95. The van der Waals surface area contributed by atoms with Gasteiger partial charge in [0.15, 0.2) is 0 Å². The Balaban J connectivity index is -0.000000108. The normalized spacial score (nSPS) is 14.7. The Hall–Kier alpha value is 0.437. The van der Waals surface area contributed by atoms with Crippen LogP contribution in [-0.4, -0.2) is 17.7 Å². The van der Waals surface area contributed by atoms with E-state index in [-0.39, 0.29) is 37.3 Å². The Kier molecular flexibility index (Phi) is 26.9. The van der Waals surface area contributed by atoms with Gasteiger partial charge in [0.2, 0.25) is 0 Å². The van der Waals surface area contributed by atoms with E-state index in [0.717, 1.165) is 18.2 Å². The van der Waals surface area contributed by atoms with Gasteiger partial charge in [-0.15, -0.1) is 0 Å². The molecule has 0 fully saturated rings. The first-order valence-electron chi connectivity index (χ1n) is 4.75. The van der Waals surface area contributed by atoms with Crippen molar-refractivity contribution < 1.29 is 78.9 Å². The summed E-state index contributed by atoms with van der Waals surface area (Å²) < 4.78 is 63.2. The molecule has 0 aromatic carbocycles. The van der Waals surface area contributed by atoms with E-state index < -0.39 is 41.8 Å². The number of allylic oxidation sites excluding steroid dienone is 3. The van der Waals surface area contributed by atoms with E-state index in [4.69, 9.17) is 0 Å². The molecule has 0 amide bonds. The Morgan fingerprint density at radius 3 is 0.818 bits per heavy atom. The molecule has 0 bridgehead atoms. The van der Waals surface area contributed by atoms with Crippen LogP contribution in [0, 0.1) is 37.3 Å². The van der Waals surface area contributed by atoms with Gasteiger partial charge in [0.05, 0.1) is 0 Å². The Morgan fingerprint density at radius 2 is 0.818 bits per heavy atom. The Labute approximate surface area is 158 Å². The molecule has 13 heteroatoms. The second-order valence-electron chi connectivity index (χ2n) is 2.68. The summed E-state index contributed by atoms with van der Waals surface area (Å²) in [5.74, 6) is -5.64. The van der Waals surface area contributed by atoms with Crippen LogP contribution in [0.3, 0.4) is 0 Å². The minimum Gasteiger partial charge on any atom is -0.593 e. The summed E-state index contributed by atoms with van der Waals surface area (Å²) in [6.45, 7) is 8.77. The van der Waals surface area contributed by atoms with E-state index in [1.807, 2.05) is 0 Å². The predicted molar refractivity (Wildman–Crippen MR) is 68.1 cm³/mol. The minimum absolute atomic E-state index is 0. The summed E-state index contributed by atoms with van der Waals surface area (Å²) in [5.41, 5.74) is 0. The maximum atomic E-state index is 11.5. The zero-order chi connectivity index (χ0) is 17.6. The fraction of sp³-hybridized carbons (Fsp3) is 0.333. The summed E-state index contributed by atoms with van der Waals surface area (Å²) in [6.07, 6.45) is 2.18. The molecule has 0 aliphatic carbocycles. The standard InChI is InChI=1S/3C3H4FO2P.Er/c3*1-2-3(4)7(5)6;/h3*2-3H,1H2;/q;;;+3. The molecule has 6 unspecified atom stereocenters. The summed E-state index contributed by atoms with van der Waals surface area (Å²) in [5, 5.41) is 0. The molecule has 6 nitrogen and oxygen atoms in total. The van der Waals surface area contributed by atoms with Crippen LogP contribution in [0.25, 0.3) is 0 Å². The molecule has 6 atom stereocenters. The molecule has 0 aromatic rings. The number of hydrogen-bond acceptors (Lipinski definition) is 6. The molecule has 0 aliphatic heterocycles. The van der Waals surface area contributed by atoms with Crippen molar-refractivity contribution in [3.05, 3.63) is 38.0 Å². The van der Waals surface area contributed by atoms with E-state index in [0.29, 0.717) is 0 Å². The van der Waals surface area contributed by atoms with Crippen LogP contribution in [0.1, 0.15) is 0 Å². The number of halogens is 3. The van der Waals surface area contributed by atoms with Crippen molar-refractivity contribution in [2.75, 3.05) is 0 Å². The number of rotatable bonds is 6. The largest absolute Gasteiger partial charge is 3.00 e. The maximum absolute atomic E-state index is 11.5. The maximum Gasteiger partial charge on any atom is 3.00 e. The van der Waals surface area contributed by atoms with Gasteiger partial charge >= 0.3 is 79.1 Å². The van der Waals surface area contributed by atoms with Crippen molar-refractivity contribution in [3.8, 4) is 0 Å². The average Bonchev–Trinajstić information content (AvgIpc) is 2.45. The van der Waals surface area contributed by atoms with Crippen molar-refractivity contribution in [1.82, 2.24) is 0 Å². The van der Waals surface area contributed by atoms with Crippen molar-refractivity contribution >= 4 is 24.1 Å². The fourth-order valence-electron chi connectivity index (χ4n) is 0.258. The summed E-state index contributed by atoms with van der Waals surface area (Å²) >= 11 is 0. The average molecular weight is 533 g/mol. The van der Waals surface area contributed by atoms with Crippen LogP contribution in [0.4, 0.5) is 13.2 Å². The number of alkyl halides is 3. The van der Waals surface area contributed by atoms with Gasteiger partial charge in [0.1, 0.15) is 0 Å². The molecule has 129 valence electrons. The van der Waals surface area contributed by atoms with Crippen LogP contribution in [0.5, 0.6) is 0 Å². The second kappa shape index (κ2) is 19.5. The van der Waals surface area contributed by atoms with E-state index in [1.54, 1.807) is 0 Å². The van der Waals surface area contributed by atoms with Gasteiger partial charge in [0.25, 0.3) is 0 Å². The quantitative estimate of drug-likeness (QED) is 0.379. The van der Waals surface area contributed by atoms with E-state index in [9.17, 15) is 41.5 Å². The van der Waals surface area contributed by atoms with Gasteiger partial charge in [-0.2, -0.15) is 13.2 Å². The number of hydrogen-bond donors (Lipinski definition) is 0. The second-order valence-corrected chi connectivity index (χ2v) is 5.87. The van der Waals surface area contributed by atoms with Gasteiger partial charge < -0.3 is 14.7 Å². The van der Waals surface area contributed by atoms with Crippen molar-refractivity contribution in [3.63, 3.8) is 0 Å². The first kappa shape index (κ1) is 30.3. The Bertz CT molecular complexity index is 342. The van der Waals surface area contributed by atoms with Gasteiger partial charge in [-0.3, -0.25) is 0 Å². The van der Waals surface area contributed by atoms with Crippen molar-refractivity contribution in [1.29, 1.82) is 0 Å². The molecule has 22 heavy (non-hydrogen) atoms. The Morgan fingerprint density at radius 1 is 0.682 bits per heavy atom. The monoisotopic (exact) mass is 532 g/mol. The molecule has 1 radical (unpaired) electrons. The third-order valence-corrected chi connectivity index (χ3v) is 3.03. The zero-order valence-corrected chi connectivity index (χ0v) is 15.3. The molecule has 0 N–H and O–H groups in total. The SMILES string of the molecule is C=CC(F)[P+](=O)[O-].C=CC(F)[P+](=O)[O-].C=CC(F)[P+](=O)[O-].[Er+3]. The molecule has 0 saturated carbocycles. The molecule has 0 aromatic heterocycles. The fourth-order valence-corrected chi connectivity index (χ4v) is 0.775. The molecule has 0 aliphatic rings. The first-order valence-corrected chi connectivity index (χ1v) is 8.49. The van der Waals surface area contributed by atoms with E-state index in [1.165, 1.54) is 0 Å². The van der Waals surface area contributed by atoms with Crippen LogP contribution in [0.2, 0.25) is 0 Å². The summed E-state index contributed by atoms with van der Waals surface area (Å²) in [4.78, 5) is 28.6. The van der Waals surface area contributed by atoms with Crippen LogP contribution >= 0.6 is 24.1 Å². The van der Waals surface area contributed by atoms with Crippen LogP contribution < -0.4 is 14.7 Å². The molecular formula is C9H12ErF3O6P3+3. The van der Waals surface area contributed by atoms with Crippen LogP contribution in [-0.2, 0) is 13.7 Å². The summed E-state index contributed by atoms with van der Waals surface area (Å²) in [7, 11) is -8.84. The van der Waals surface area contributed by atoms with E-state index >= 15 is 0 Å². The smallest absolute Gasteiger partial charge is 0.593 e. The topological polar surface area (TPSA) is 120 Å². The summed E-state index contributed by atoms with van der Waals surface area (Å²) in [6, 6.07) is 0. The van der Waals surface area contributed by atoms with Gasteiger partial charge in [-0.1, -0.05) is 33.4 Å². The third-order valence-electron chi connectivity index (χ3n) is 1.19. The molecule has 0 spiro atoms. The zero-order valence-electron chi connectivity index (χ0n) is 10.8. The van der Waals surface area contributed by atoms with Gasteiger partial charge in [-0.05, 0) is 18.2 Å². The van der Waals surface area contributed by atoms with Gasteiger partial charge in [0, 0.05) is 0 Å². The predicted octanol–water partition coefficient (Wildman–Crippen LogP) is 1.71. The molecule has 0 saturated heterocycles.